The largest absolute Gasteiger partial charge is 0.465 e. The molecule has 2 unspecified atom stereocenters. The highest BCUT2D eigenvalue weighted by molar-refractivity contribution is 5.72. The van der Waals surface area contributed by atoms with Crippen LogP contribution >= 0.6 is 0 Å². The Bertz CT molecular complexity index is 1100. The fraction of sp³-hybridized carbons (Fsp3) is 0.904. The Labute approximate surface area is 385 Å². The molecule has 0 aliphatic rings. The fourth-order valence-electron chi connectivity index (χ4n) is 7.61. The highest BCUT2D eigenvalue weighted by Gasteiger charge is 2.20. The van der Waals surface area contributed by atoms with Gasteiger partial charge in [-0.1, -0.05) is 143 Å². The van der Waals surface area contributed by atoms with Gasteiger partial charge in [-0.05, 0) is 97.2 Å². The maximum Gasteiger partial charge on any atom is 0.306 e. The predicted octanol–water partition coefficient (Wildman–Crippen LogP) is 13.0. The number of nitrogens with zero attached hydrogens (tertiary/aromatic N) is 1. The van der Waals surface area contributed by atoms with E-state index in [0.717, 1.165) is 70.8 Å². The molecule has 0 saturated heterocycles. The van der Waals surface area contributed by atoms with E-state index in [1.165, 1.54) is 89.9 Å². The number of unbranched alkanes of at least 4 members (excludes halogenated alkanes) is 18. The number of ether oxygens (including phenoxy) is 5. The fourth-order valence-corrected chi connectivity index (χ4v) is 7.61. The first kappa shape index (κ1) is 60.3. The van der Waals surface area contributed by atoms with Crippen molar-refractivity contribution in [2.75, 3.05) is 40.5 Å². The summed E-state index contributed by atoms with van der Waals surface area (Å²) in [5.41, 5.74) is 0. The molecular weight excluding hydrogens is 799 g/mol. The summed E-state index contributed by atoms with van der Waals surface area (Å²) >= 11 is 0. The molecule has 63 heavy (non-hydrogen) atoms. The molecule has 0 aliphatic carbocycles. The summed E-state index contributed by atoms with van der Waals surface area (Å²) in [6.07, 6.45) is 30.4. The minimum absolute atomic E-state index is 0.0401. The quantitative estimate of drug-likeness (QED) is 0.0328. The lowest BCUT2D eigenvalue weighted by Gasteiger charge is -2.19. The zero-order valence-corrected chi connectivity index (χ0v) is 41.6. The third kappa shape index (κ3) is 41.7. The van der Waals surface area contributed by atoms with Crippen molar-refractivity contribution in [3.8, 4) is 0 Å². The molecule has 11 nitrogen and oxygen atoms in total. The molecule has 370 valence electrons. The van der Waals surface area contributed by atoms with Gasteiger partial charge in [-0.25, -0.2) is 0 Å². The third-order valence-corrected chi connectivity index (χ3v) is 11.6. The normalized spacial score (nSPS) is 12.3. The maximum atomic E-state index is 12.8. The molecule has 0 N–H and O–H groups in total. The second-order valence-electron chi connectivity index (χ2n) is 18.3. The molecule has 0 saturated carbocycles. The predicted molar refractivity (Wildman–Crippen MR) is 254 cm³/mol. The van der Waals surface area contributed by atoms with Crippen LogP contribution in [0.1, 0.15) is 246 Å². The van der Waals surface area contributed by atoms with E-state index >= 15 is 0 Å². The average molecular weight is 896 g/mol. The number of hydrogen-bond acceptors (Lipinski definition) is 11. The molecule has 0 rings (SSSR count). The van der Waals surface area contributed by atoms with Crippen LogP contribution in [0.25, 0.3) is 0 Å². The first-order chi connectivity index (χ1) is 30.5. The number of hydrogen-bond donors (Lipinski definition) is 0. The molecule has 0 aliphatic heterocycles. The van der Waals surface area contributed by atoms with E-state index in [0.29, 0.717) is 51.0 Å². The van der Waals surface area contributed by atoms with Gasteiger partial charge in [-0.3, -0.25) is 24.0 Å². The molecule has 0 spiro atoms. The molecule has 0 aromatic rings. The molecule has 0 aromatic heterocycles. The lowest BCUT2D eigenvalue weighted by molar-refractivity contribution is -0.167. The second kappa shape index (κ2) is 44.5. The van der Waals surface area contributed by atoms with Crippen LogP contribution in [0.15, 0.2) is 0 Å². The molecule has 0 aromatic carbocycles. The van der Waals surface area contributed by atoms with Crippen molar-refractivity contribution in [1.82, 2.24) is 4.90 Å². The van der Waals surface area contributed by atoms with E-state index in [-0.39, 0.29) is 56.9 Å². The zero-order valence-electron chi connectivity index (χ0n) is 41.6. The van der Waals surface area contributed by atoms with E-state index in [1.807, 2.05) is 19.0 Å². The second-order valence-corrected chi connectivity index (χ2v) is 18.3. The monoisotopic (exact) mass is 896 g/mol. The molecule has 0 bridgehead atoms. The number of rotatable bonds is 46. The maximum absolute atomic E-state index is 12.8. The summed E-state index contributed by atoms with van der Waals surface area (Å²) in [6, 6.07) is 0. The Morgan fingerprint density at radius 3 is 1.16 bits per heavy atom. The first-order valence-electron chi connectivity index (χ1n) is 26.0. The Hall–Kier alpha value is -2.69. The average Bonchev–Trinajstić information content (AvgIpc) is 3.25. The van der Waals surface area contributed by atoms with Gasteiger partial charge in [0.05, 0.1) is 6.61 Å². The summed E-state index contributed by atoms with van der Waals surface area (Å²) in [6.45, 7) is 9.65. The topological polar surface area (TPSA) is 135 Å². The standard InChI is InChI=1S/C52H97NO10/c1-7-11-15-18-20-25-34-46(35-26-21-19-16-12-8-2)62-51(57)39-30-29-38-50(56)61-44-47(63-52(58)40-31-41-53(5)6)43-60-49(55)37-28-23-22-27-36-48(54)59-42-45(32-14-10-4)33-24-17-13-9-3/h45-47H,7-44H2,1-6H3. The van der Waals surface area contributed by atoms with Crippen LogP contribution < -0.4 is 0 Å². The minimum Gasteiger partial charge on any atom is -0.465 e. The van der Waals surface area contributed by atoms with Gasteiger partial charge in [0.15, 0.2) is 6.10 Å². The Morgan fingerprint density at radius 2 is 0.683 bits per heavy atom. The van der Waals surface area contributed by atoms with E-state index in [1.54, 1.807) is 0 Å². The highest BCUT2D eigenvalue weighted by Crippen LogP contribution is 2.20. The summed E-state index contributed by atoms with van der Waals surface area (Å²) in [7, 11) is 3.85. The highest BCUT2D eigenvalue weighted by atomic mass is 16.6. The number of esters is 5. The van der Waals surface area contributed by atoms with E-state index in [2.05, 4.69) is 27.7 Å². The van der Waals surface area contributed by atoms with Crippen LogP contribution in [-0.2, 0) is 47.7 Å². The van der Waals surface area contributed by atoms with Gasteiger partial charge in [0.2, 0.25) is 0 Å². The Kier molecular flexibility index (Phi) is 42.6. The van der Waals surface area contributed by atoms with Gasteiger partial charge in [0.25, 0.3) is 0 Å². The van der Waals surface area contributed by atoms with Crippen molar-refractivity contribution in [1.29, 1.82) is 0 Å². The number of carbonyl (C=O) groups is 5. The molecule has 2 atom stereocenters. The van der Waals surface area contributed by atoms with Crippen LogP contribution in [0.2, 0.25) is 0 Å². The van der Waals surface area contributed by atoms with E-state index < -0.39 is 24.0 Å². The molecule has 0 amide bonds. The van der Waals surface area contributed by atoms with Gasteiger partial charge < -0.3 is 28.6 Å². The van der Waals surface area contributed by atoms with E-state index in [4.69, 9.17) is 23.7 Å². The van der Waals surface area contributed by atoms with E-state index in [9.17, 15) is 24.0 Å². The Morgan fingerprint density at radius 1 is 0.349 bits per heavy atom. The van der Waals surface area contributed by atoms with Crippen LogP contribution in [0.4, 0.5) is 0 Å². The van der Waals surface area contributed by atoms with Crippen molar-refractivity contribution in [2.45, 2.75) is 258 Å². The number of carbonyl (C=O) groups excluding carboxylic acids is 5. The summed E-state index contributed by atoms with van der Waals surface area (Å²) in [5, 5.41) is 0. The lowest BCUT2D eigenvalue weighted by atomic mass is 9.96. The summed E-state index contributed by atoms with van der Waals surface area (Å²) < 4.78 is 28.1. The van der Waals surface area contributed by atoms with Crippen molar-refractivity contribution in [2.24, 2.45) is 5.92 Å². The molecule has 0 radical (unpaired) electrons. The van der Waals surface area contributed by atoms with Gasteiger partial charge >= 0.3 is 29.8 Å². The van der Waals surface area contributed by atoms with Gasteiger partial charge in [0, 0.05) is 32.1 Å². The first-order valence-corrected chi connectivity index (χ1v) is 26.0. The van der Waals surface area contributed by atoms with Crippen molar-refractivity contribution in [3.05, 3.63) is 0 Å². The minimum atomic E-state index is -0.918. The summed E-state index contributed by atoms with van der Waals surface area (Å²) in [4.78, 5) is 65.0. The van der Waals surface area contributed by atoms with Crippen LogP contribution in [0, 0.1) is 5.92 Å². The van der Waals surface area contributed by atoms with Gasteiger partial charge in [-0.2, -0.15) is 0 Å². The van der Waals surface area contributed by atoms with Crippen LogP contribution in [0.3, 0.4) is 0 Å². The van der Waals surface area contributed by atoms with Gasteiger partial charge in [-0.15, -0.1) is 0 Å². The lowest BCUT2D eigenvalue weighted by Crippen LogP contribution is -2.31. The summed E-state index contributed by atoms with van der Waals surface area (Å²) in [5.74, 6) is -1.23. The zero-order chi connectivity index (χ0) is 46.6. The van der Waals surface area contributed by atoms with Crippen LogP contribution in [-0.4, -0.2) is 87.4 Å². The Balaban J connectivity index is 4.69. The van der Waals surface area contributed by atoms with Crippen LogP contribution in [0.5, 0.6) is 0 Å². The van der Waals surface area contributed by atoms with Gasteiger partial charge in [0.1, 0.15) is 19.3 Å². The SMILES string of the molecule is CCCCCCCCC(CCCCCCCC)OC(=O)CCCCC(=O)OCC(COC(=O)CCCCCCC(=O)OCC(CCCC)CCCCCC)OC(=O)CCCN(C)C. The van der Waals surface area contributed by atoms with Crippen molar-refractivity contribution >= 4 is 29.8 Å². The molecule has 0 fully saturated rings. The van der Waals surface area contributed by atoms with Crippen molar-refractivity contribution < 1.29 is 47.7 Å². The molecular formula is C52H97NO10. The van der Waals surface area contributed by atoms with Crippen molar-refractivity contribution in [3.63, 3.8) is 0 Å². The molecule has 0 heterocycles. The third-order valence-electron chi connectivity index (χ3n) is 11.6. The molecule has 11 heteroatoms. The smallest absolute Gasteiger partial charge is 0.306 e.